The van der Waals surface area contributed by atoms with E-state index in [1.165, 1.54) is 19.3 Å². The van der Waals surface area contributed by atoms with Crippen molar-refractivity contribution >= 4 is 11.9 Å². The topological polar surface area (TPSA) is 96.4 Å². The van der Waals surface area contributed by atoms with Crippen molar-refractivity contribution in [3.8, 4) is 0 Å². The Labute approximate surface area is 234 Å². The first-order valence-electron chi connectivity index (χ1n) is 16.1. The molecule has 39 heavy (non-hydrogen) atoms. The van der Waals surface area contributed by atoms with Gasteiger partial charge >= 0.3 is 11.9 Å². The third-order valence-electron chi connectivity index (χ3n) is 14.5. The van der Waals surface area contributed by atoms with Crippen molar-refractivity contribution in [3.05, 3.63) is 0 Å². The van der Waals surface area contributed by atoms with Crippen LogP contribution in [-0.2, 0) is 19.1 Å². The van der Waals surface area contributed by atoms with E-state index in [4.69, 9.17) is 9.47 Å². The summed E-state index contributed by atoms with van der Waals surface area (Å²) >= 11 is 0. The van der Waals surface area contributed by atoms with Crippen LogP contribution in [0.3, 0.4) is 0 Å². The summed E-state index contributed by atoms with van der Waals surface area (Å²) in [6.45, 7) is 10.6. The number of hydrogen-bond acceptors (Lipinski definition) is 5. The van der Waals surface area contributed by atoms with E-state index in [9.17, 15) is 19.8 Å². The first-order valence-corrected chi connectivity index (χ1v) is 16.1. The Morgan fingerprint density at radius 1 is 0.821 bits per heavy atom. The zero-order valence-electron chi connectivity index (χ0n) is 24.5. The van der Waals surface area contributed by atoms with Crippen LogP contribution in [0, 0.1) is 63.1 Å². The molecule has 0 aromatic rings. The van der Waals surface area contributed by atoms with Crippen LogP contribution in [0.15, 0.2) is 0 Å². The predicted octanol–water partition coefficient (Wildman–Crippen LogP) is 5.85. The van der Waals surface area contributed by atoms with E-state index in [1.54, 1.807) is 0 Å². The second-order valence-electron chi connectivity index (χ2n) is 16.3. The fraction of sp³-hybridized carbons (Fsp3) is 0.939. The summed E-state index contributed by atoms with van der Waals surface area (Å²) < 4.78 is 11.9. The van der Waals surface area contributed by atoms with Crippen LogP contribution in [0.2, 0.25) is 0 Å². The van der Waals surface area contributed by atoms with Crippen LogP contribution in [0.5, 0.6) is 0 Å². The highest BCUT2D eigenvalue weighted by Crippen LogP contribution is 2.74. The minimum Gasteiger partial charge on any atom is -0.481 e. The van der Waals surface area contributed by atoms with Gasteiger partial charge in [-0.2, -0.15) is 0 Å². The average molecular weight is 543 g/mol. The van der Waals surface area contributed by atoms with Crippen LogP contribution in [0.4, 0.5) is 0 Å². The minimum atomic E-state index is -0.660. The number of aliphatic hydroxyl groups excluding tert-OH is 1. The summed E-state index contributed by atoms with van der Waals surface area (Å²) in [5.74, 6) is 1.72. The number of carbonyl (C=O) groups excluding carboxylic acids is 1. The Morgan fingerprint density at radius 3 is 2.13 bits per heavy atom. The Kier molecular flexibility index (Phi) is 5.80. The summed E-state index contributed by atoms with van der Waals surface area (Å²) in [5.41, 5.74) is -0.749. The molecular formula is C33H50O6. The molecule has 6 nitrogen and oxygen atoms in total. The molecule has 0 amide bonds. The predicted molar refractivity (Wildman–Crippen MR) is 146 cm³/mol. The third kappa shape index (κ3) is 3.58. The number of ether oxygens (including phenoxy) is 2. The summed E-state index contributed by atoms with van der Waals surface area (Å²) in [7, 11) is 0. The van der Waals surface area contributed by atoms with Gasteiger partial charge in [0.15, 0.2) is 0 Å². The summed E-state index contributed by atoms with van der Waals surface area (Å²) in [4.78, 5) is 25.4. The molecule has 7 aliphatic rings. The van der Waals surface area contributed by atoms with E-state index >= 15 is 0 Å². The lowest BCUT2D eigenvalue weighted by atomic mass is 9.36. The molecule has 11 atom stereocenters. The molecule has 1 heterocycles. The molecule has 7 rings (SSSR count). The summed E-state index contributed by atoms with van der Waals surface area (Å²) in [5, 5.41) is 21.7. The minimum absolute atomic E-state index is 0.0552. The molecule has 218 valence electrons. The largest absolute Gasteiger partial charge is 0.481 e. The number of esters is 1. The van der Waals surface area contributed by atoms with Crippen LogP contribution < -0.4 is 0 Å². The SMILES string of the molecule is CC1(C)C2CC[C@@]3(C)C4CC[C@@]5(C(=O)O)CC[C@@H](C6(COC(=O)C7CC7)CO6)[C@H]5C4CCC3[C@@]2(C)CC[C@H]1O. The molecule has 6 saturated carbocycles. The first-order chi connectivity index (χ1) is 18.4. The highest BCUT2D eigenvalue weighted by Gasteiger charge is 2.71. The lowest BCUT2D eigenvalue weighted by molar-refractivity contribution is -0.219. The van der Waals surface area contributed by atoms with Gasteiger partial charge in [-0.05, 0) is 129 Å². The van der Waals surface area contributed by atoms with Crippen LogP contribution in [0.1, 0.15) is 105 Å². The van der Waals surface area contributed by atoms with Crippen LogP contribution in [-0.4, -0.2) is 47.1 Å². The second kappa shape index (κ2) is 8.46. The average Bonchev–Trinajstić information content (AvgIpc) is 3.82. The monoisotopic (exact) mass is 542 g/mol. The van der Waals surface area contributed by atoms with Crippen molar-refractivity contribution < 1.29 is 29.3 Å². The van der Waals surface area contributed by atoms with Gasteiger partial charge in [0.2, 0.25) is 0 Å². The van der Waals surface area contributed by atoms with E-state index in [-0.39, 0.29) is 46.1 Å². The van der Waals surface area contributed by atoms with Gasteiger partial charge in [0, 0.05) is 0 Å². The molecule has 6 heteroatoms. The maximum absolute atomic E-state index is 13.0. The smallest absolute Gasteiger partial charge is 0.309 e. The molecule has 1 saturated heterocycles. The number of carbonyl (C=O) groups is 2. The molecule has 0 bridgehead atoms. The van der Waals surface area contributed by atoms with Crippen molar-refractivity contribution in [2.45, 2.75) is 116 Å². The van der Waals surface area contributed by atoms with Crippen molar-refractivity contribution in [2.24, 2.45) is 63.1 Å². The van der Waals surface area contributed by atoms with Gasteiger partial charge in [-0.3, -0.25) is 9.59 Å². The van der Waals surface area contributed by atoms with Crippen molar-refractivity contribution in [1.82, 2.24) is 0 Å². The molecule has 2 N–H and O–H groups in total. The molecule has 5 unspecified atom stereocenters. The quantitative estimate of drug-likeness (QED) is 0.334. The molecule has 0 aromatic carbocycles. The molecule has 1 aliphatic heterocycles. The molecule has 0 aromatic heterocycles. The van der Waals surface area contributed by atoms with Crippen molar-refractivity contribution in [3.63, 3.8) is 0 Å². The third-order valence-corrected chi connectivity index (χ3v) is 14.5. The normalized spacial score (nSPS) is 53.5. The molecule has 0 spiro atoms. The fourth-order valence-corrected chi connectivity index (χ4v) is 12.3. The number of hydrogen-bond donors (Lipinski definition) is 2. The van der Waals surface area contributed by atoms with E-state index < -0.39 is 17.0 Å². The van der Waals surface area contributed by atoms with Crippen LogP contribution in [0.25, 0.3) is 0 Å². The van der Waals surface area contributed by atoms with Crippen LogP contribution >= 0.6 is 0 Å². The number of rotatable bonds is 5. The van der Waals surface area contributed by atoms with Gasteiger partial charge in [-0.15, -0.1) is 0 Å². The maximum Gasteiger partial charge on any atom is 0.309 e. The van der Waals surface area contributed by atoms with Gasteiger partial charge in [0.25, 0.3) is 0 Å². The first kappa shape index (κ1) is 26.7. The van der Waals surface area contributed by atoms with Crippen molar-refractivity contribution in [1.29, 1.82) is 0 Å². The molecule has 7 fully saturated rings. The van der Waals surface area contributed by atoms with Gasteiger partial charge < -0.3 is 19.7 Å². The summed E-state index contributed by atoms with van der Waals surface area (Å²) in [6.07, 6.45) is 11.7. The van der Waals surface area contributed by atoms with E-state index in [0.717, 1.165) is 57.8 Å². The van der Waals surface area contributed by atoms with Crippen molar-refractivity contribution in [2.75, 3.05) is 13.2 Å². The fourth-order valence-electron chi connectivity index (χ4n) is 12.3. The number of carboxylic acid groups (broad SMARTS) is 1. The number of aliphatic carboxylic acids is 1. The van der Waals surface area contributed by atoms with Gasteiger partial charge in [0.05, 0.1) is 24.0 Å². The highest BCUT2D eigenvalue weighted by molar-refractivity contribution is 5.76. The standard InChI is InChI=1S/C33H50O6/c1-29(2)23-11-13-30(3)21-9-15-32(28(36)37)16-10-22(33(18-39-33)17-38-27(35)19-5-6-19)26(32)20(21)7-8-24(30)31(23,4)14-12-25(29)34/h19-26,34H,5-18H2,1-4H3,(H,36,37)/t20?,21?,22-,23?,24?,25-,26-,30+,31+,32-,33?/m1/s1. The Balaban J connectivity index is 1.19. The number of aliphatic hydroxyl groups is 1. The zero-order valence-corrected chi connectivity index (χ0v) is 24.5. The number of epoxide rings is 1. The Morgan fingerprint density at radius 2 is 1.49 bits per heavy atom. The van der Waals surface area contributed by atoms with E-state index in [1.807, 2.05) is 0 Å². The lowest BCUT2D eigenvalue weighted by Gasteiger charge is -2.69. The Hall–Kier alpha value is -1.14. The molecule has 6 aliphatic carbocycles. The van der Waals surface area contributed by atoms with Gasteiger partial charge in [-0.1, -0.05) is 27.7 Å². The number of fused-ring (bicyclic) bond motifs is 7. The lowest BCUT2D eigenvalue weighted by Crippen LogP contribution is -2.64. The maximum atomic E-state index is 13.0. The second-order valence-corrected chi connectivity index (χ2v) is 16.3. The molecular weight excluding hydrogens is 492 g/mol. The zero-order chi connectivity index (χ0) is 27.6. The van der Waals surface area contributed by atoms with E-state index in [2.05, 4.69) is 27.7 Å². The van der Waals surface area contributed by atoms with Gasteiger partial charge in [0.1, 0.15) is 12.2 Å². The Bertz CT molecular complexity index is 1040. The molecule has 0 radical (unpaired) electrons. The van der Waals surface area contributed by atoms with Gasteiger partial charge in [-0.25, -0.2) is 0 Å². The highest BCUT2D eigenvalue weighted by atomic mass is 16.6. The summed E-state index contributed by atoms with van der Waals surface area (Å²) in [6, 6.07) is 0. The van der Waals surface area contributed by atoms with E-state index in [0.29, 0.717) is 36.9 Å². The number of carboxylic acids is 1.